The van der Waals surface area contributed by atoms with Crippen LogP contribution in [-0.2, 0) is 0 Å². The van der Waals surface area contributed by atoms with Crippen molar-refractivity contribution in [2.24, 2.45) is 10.7 Å². The lowest BCUT2D eigenvalue weighted by molar-refractivity contribution is 0.122. The van der Waals surface area contributed by atoms with Gasteiger partial charge in [-0.25, -0.2) is 0 Å². The summed E-state index contributed by atoms with van der Waals surface area (Å²) >= 11 is 3.51. The Bertz CT molecular complexity index is 568. The first-order chi connectivity index (χ1) is 10.1. The van der Waals surface area contributed by atoms with E-state index in [0.29, 0.717) is 18.0 Å². The molecule has 3 aliphatic heterocycles. The molecule has 112 valence electrons. The summed E-state index contributed by atoms with van der Waals surface area (Å²) in [6.45, 7) is 0.843. The number of nitrogens with two attached hydrogens (primary N) is 1. The van der Waals surface area contributed by atoms with Crippen LogP contribution in [0.15, 0.2) is 33.7 Å². The summed E-state index contributed by atoms with van der Waals surface area (Å²) < 4.78 is 1.10. The van der Waals surface area contributed by atoms with E-state index in [4.69, 9.17) is 5.73 Å². The normalized spacial score (nSPS) is 35.5. The van der Waals surface area contributed by atoms with Crippen molar-refractivity contribution in [3.05, 3.63) is 28.7 Å². The van der Waals surface area contributed by atoms with E-state index in [2.05, 4.69) is 62.0 Å². The molecule has 0 aromatic heterocycles. The molecule has 5 heteroatoms. The van der Waals surface area contributed by atoms with Gasteiger partial charge in [0.25, 0.3) is 0 Å². The number of hydrogen-bond acceptors (Lipinski definition) is 4. The van der Waals surface area contributed by atoms with E-state index >= 15 is 0 Å². The van der Waals surface area contributed by atoms with Crippen LogP contribution in [0.4, 0.5) is 5.69 Å². The van der Waals surface area contributed by atoms with Crippen LogP contribution in [0, 0.1) is 0 Å². The fraction of sp³-hybridized carbons (Fsp3) is 0.562. The van der Waals surface area contributed by atoms with Crippen molar-refractivity contribution >= 4 is 27.6 Å². The second kappa shape index (κ2) is 4.71. The fourth-order valence-corrected chi connectivity index (χ4v) is 4.73. The Kier molecular flexibility index (Phi) is 3.05. The summed E-state index contributed by atoms with van der Waals surface area (Å²) in [5.41, 5.74) is 7.51. The summed E-state index contributed by atoms with van der Waals surface area (Å²) in [7, 11) is 2.28. The molecule has 0 aliphatic carbocycles. The van der Waals surface area contributed by atoms with Crippen molar-refractivity contribution in [3.63, 3.8) is 0 Å². The van der Waals surface area contributed by atoms with Gasteiger partial charge < -0.3 is 15.5 Å². The predicted molar refractivity (Wildman–Crippen MR) is 89.6 cm³/mol. The molecule has 4 rings (SSSR count). The first-order valence-electron chi connectivity index (χ1n) is 7.67. The molecule has 2 fully saturated rings. The third-order valence-corrected chi connectivity index (χ3v) is 6.07. The summed E-state index contributed by atoms with van der Waals surface area (Å²) in [6, 6.07) is 9.81. The predicted octanol–water partition coefficient (Wildman–Crippen LogP) is 2.58. The van der Waals surface area contributed by atoms with Crippen molar-refractivity contribution in [3.8, 4) is 0 Å². The number of guanidine groups is 1. The third-order valence-electron chi connectivity index (χ3n) is 5.54. The van der Waals surface area contributed by atoms with Crippen LogP contribution in [0.3, 0.4) is 0 Å². The second-order valence-corrected chi connectivity index (χ2v) is 7.58. The number of nitrogens with zero attached hydrogens (tertiary/aromatic N) is 3. The highest BCUT2D eigenvalue weighted by Crippen LogP contribution is 2.46. The lowest BCUT2D eigenvalue weighted by atomic mass is 9.82. The average molecular weight is 349 g/mol. The van der Waals surface area contributed by atoms with Gasteiger partial charge in [-0.2, -0.15) is 0 Å². The maximum absolute atomic E-state index is 6.25. The molecular formula is C16H21BrN4. The molecule has 4 nitrogen and oxygen atoms in total. The Hall–Kier alpha value is -1.07. The number of fused-ring (bicyclic) bond motifs is 2. The summed E-state index contributed by atoms with van der Waals surface area (Å²) in [4.78, 5) is 9.48. The molecule has 3 heterocycles. The SMILES string of the molecule is CN1C2CCC1CC1(CN=C(N)N1c1ccc(Br)cc1)C2. The number of anilines is 1. The molecule has 0 amide bonds. The quantitative estimate of drug-likeness (QED) is 0.848. The van der Waals surface area contributed by atoms with Gasteiger partial charge in [-0.3, -0.25) is 4.99 Å². The van der Waals surface area contributed by atoms with Gasteiger partial charge in [0.05, 0.1) is 12.1 Å². The minimum absolute atomic E-state index is 0.0935. The van der Waals surface area contributed by atoms with Gasteiger partial charge in [0.2, 0.25) is 0 Å². The number of halogens is 1. The number of hydrogen-bond donors (Lipinski definition) is 1. The highest BCUT2D eigenvalue weighted by molar-refractivity contribution is 9.10. The maximum atomic E-state index is 6.25. The highest BCUT2D eigenvalue weighted by atomic mass is 79.9. The first kappa shape index (κ1) is 13.6. The van der Waals surface area contributed by atoms with E-state index < -0.39 is 0 Å². The van der Waals surface area contributed by atoms with E-state index in [1.54, 1.807) is 0 Å². The zero-order chi connectivity index (χ0) is 14.6. The van der Waals surface area contributed by atoms with Crippen LogP contribution in [-0.4, -0.2) is 42.1 Å². The molecule has 0 radical (unpaired) electrons. The van der Waals surface area contributed by atoms with Crippen LogP contribution in [0.2, 0.25) is 0 Å². The number of benzene rings is 1. The Morgan fingerprint density at radius 1 is 1.19 bits per heavy atom. The van der Waals surface area contributed by atoms with Crippen LogP contribution in [0.5, 0.6) is 0 Å². The molecule has 2 unspecified atom stereocenters. The molecule has 3 aliphatic rings. The monoisotopic (exact) mass is 348 g/mol. The van der Waals surface area contributed by atoms with Gasteiger partial charge in [-0.05, 0) is 57.0 Å². The molecule has 2 atom stereocenters. The molecule has 0 saturated carbocycles. The summed E-state index contributed by atoms with van der Waals surface area (Å²) in [6.07, 6.45) is 4.97. The van der Waals surface area contributed by atoms with Crippen molar-refractivity contribution in [1.29, 1.82) is 0 Å². The van der Waals surface area contributed by atoms with Gasteiger partial charge in [-0.15, -0.1) is 0 Å². The third kappa shape index (κ3) is 2.01. The molecule has 1 aromatic rings. The zero-order valence-corrected chi connectivity index (χ0v) is 13.9. The fourth-order valence-electron chi connectivity index (χ4n) is 4.46. The molecule has 1 spiro atoms. The van der Waals surface area contributed by atoms with E-state index in [1.165, 1.54) is 31.4 Å². The smallest absolute Gasteiger partial charge is 0.196 e. The molecule has 2 saturated heterocycles. The van der Waals surface area contributed by atoms with Crippen LogP contribution in [0.25, 0.3) is 0 Å². The highest BCUT2D eigenvalue weighted by Gasteiger charge is 2.52. The molecule has 21 heavy (non-hydrogen) atoms. The van der Waals surface area contributed by atoms with Gasteiger partial charge in [0, 0.05) is 22.2 Å². The van der Waals surface area contributed by atoms with Crippen LogP contribution >= 0.6 is 15.9 Å². The minimum atomic E-state index is 0.0935. The molecule has 2 bridgehead atoms. The Morgan fingerprint density at radius 2 is 1.81 bits per heavy atom. The van der Waals surface area contributed by atoms with Gasteiger partial charge in [0.1, 0.15) is 0 Å². The standard InChI is InChI=1S/C16H21BrN4/c1-20-13-6-7-14(20)9-16(8-13)10-19-15(18)21(16)12-4-2-11(17)3-5-12/h2-5,13-14H,6-10H2,1H3,(H2,18,19). The second-order valence-electron chi connectivity index (χ2n) is 6.67. The van der Waals surface area contributed by atoms with Crippen molar-refractivity contribution in [2.45, 2.75) is 43.3 Å². The van der Waals surface area contributed by atoms with Gasteiger partial charge in [-0.1, -0.05) is 15.9 Å². The number of piperidine rings is 1. The number of rotatable bonds is 1. The topological polar surface area (TPSA) is 44.9 Å². The van der Waals surface area contributed by atoms with Crippen molar-refractivity contribution in [1.82, 2.24) is 4.90 Å². The summed E-state index contributed by atoms with van der Waals surface area (Å²) in [5.74, 6) is 0.682. The van der Waals surface area contributed by atoms with E-state index in [-0.39, 0.29) is 5.54 Å². The van der Waals surface area contributed by atoms with E-state index in [9.17, 15) is 0 Å². The lowest BCUT2D eigenvalue weighted by Crippen LogP contribution is -2.60. The zero-order valence-electron chi connectivity index (χ0n) is 12.3. The van der Waals surface area contributed by atoms with E-state index in [0.717, 1.165) is 11.0 Å². The average Bonchev–Trinajstić information content (AvgIpc) is 2.87. The van der Waals surface area contributed by atoms with Gasteiger partial charge in [0.15, 0.2) is 5.96 Å². The molecule has 1 aromatic carbocycles. The first-order valence-corrected chi connectivity index (χ1v) is 8.46. The molecule has 2 N–H and O–H groups in total. The lowest BCUT2D eigenvalue weighted by Gasteiger charge is -2.48. The minimum Gasteiger partial charge on any atom is -0.369 e. The van der Waals surface area contributed by atoms with Gasteiger partial charge >= 0.3 is 0 Å². The number of aliphatic imine (C=N–C) groups is 1. The largest absolute Gasteiger partial charge is 0.369 e. The Labute approximate surface area is 134 Å². The molecular weight excluding hydrogens is 328 g/mol. The van der Waals surface area contributed by atoms with Crippen molar-refractivity contribution in [2.75, 3.05) is 18.5 Å². The van der Waals surface area contributed by atoms with Crippen LogP contribution < -0.4 is 10.6 Å². The van der Waals surface area contributed by atoms with Crippen LogP contribution in [0.1, 0.15) is 25.7 Å². The Balaban J connectivity index is 1.71. The summed E-state index contributed by atoms with van der Waals surface area (Å²) in [5, 5.41) is 0. The Morgan fingerprint density at radius 3 is 2.43 bits per heavy atom. The van der Waals surface area contributed by atoms with E-state index in [1.807, 2.05) is 0 Å². The maximum Gasteiger partial charge on any atom is 0.196 e. The van der Waals surface area contributed by atoms with Crippen molar-refractivity contribution < 1.29 is 0 Å².